The second-order valence-electron chi connectivity index (χ2n) is 6.68. The monoisotopic (exact) mass is 285 g/mol. The number of para-hydroxylation sites is 1. The molecule has 0 aliphatic carbocycles. The van der Waals surface area contributed by atoms with Gasteiger partial charge in [0.25, 0.3) is 5.91 Å². The van der Waals surface area contributed by atoms with Crippen LogP contribution >= 0.6 is 0 Å². The van der Waals surface area contributed by atoms with Crippen molar-refractivity contribution < 1.29 is 4.79 Å². The quantitative estimate of drug-likeness (QED) is 0.505. The normalized spacial score (nSPS) is 12.0. The Bertz CT molecular complexity index is 684. The maximum absolute atomic E-state index is 12.1. The molecule has 0 atom stereocenters. The van der Waals surface area contributed by atoms with E-state index in [-0.39, 0.29) is 11.3 Å². The minimum Gasteiger partial charge on any atom is -0.290 e. The first-order valence-corrected chi connectivity index (χ1v) is 7.20. The summed E-state index contributed by atoms with van der Waals surface area (Å²) in [6, 6.07) is 7.79. The van der Waals surface area contributed by atoms with E-state index in [1.807, 2.05) is 18.2 Å². The Morgan fingerprint density at radius 2 is 1.95 bits per heavy atom. The highest BCUT2D eigenvalue weighted by Gasteiger charge is 2.21. The van der Waals surface area contributed by atoms with Crippen LogP contribution in [0.25, 0.3) is 10.9 Å². The molecule has 0 bridgehead atoms. The zero-order chi connectivity index (χ0) is 15.8. The van der Waals surface area contributed by atoms with Gasteiger partial charge >= 0.3 is 0 Å². The number of amides is 1. The van der Waals surface area contributed by atoms with Crippen LogP contribution in [0, 0.1) is 0 Å². The fourth-order valence-corrected chi connectivity index (χ4v) is 2.39. The molecule has 0 unspecified atom stereocenters. The van der Waals surface area contributed by atoms with Crippen molar-refractivity contribution in [1.82, 2.24) is 10.4 Å². The van der Waals surface area contributed by atoms with E-state index in [0.717, 1.165) is 22.2 Å². The average molecular weight is 285 g/mol. The van der Waals surface area contributed by atoms with Gasteiger partial charge in [-0.05, 0) is 17.5 Å². The van der Waals surface area contributed by atoms with Crippen LogP contribution in [0.5, 0.6) is 0 Å². The minimum absolute atomic E-state index is 0.137. The molecule has 2 aromatic rings. The standard InChI is InChI=1S/C17H23N3O/c1-10(2)11-7-6-8-12-13(16(21)20-18)9-14(17(3,4)5)19-15(11)12/h6-10H,18H2,1-5H3,(H,20,21). The Labute approximate surface area is 125 Å². The molecule has 0 aliphatic heterocycles. The second kappa shape index (κ2) is 5.45. The number of nitrogens with zero attached hydrogens (tertiary/aromatic N) is 1. The number of rotatable bonds is 2. The molecule has 2 rings (SSSR count). The van der Waals surface area contributed by atoms with E-state index in [4.69, 9.17) is 10.8 Å². The lowest BCUT2D eigenvalue weighted by atomic mass is 9.88. The zero-order valence-electron chi connectivity index (χ0n) is 13.3. The molecule has 0 saturated carbocycles. The second-order valence-corrected chi connectivity index (χ2v) is 6.68. The van der Waals surface area contributed by atoms with Gasteiger partial charge in [-0.2, -0.15) is 0 Å². The molecule has 0 radical (unpaired) electrons. The predicted octanol–water partition coefficient (Wildman–Crippen LogP) is 3.26. The Hall–Kier alpha value is -1.94. The molecule has 0 saturated heterocycles. The highest BCUT2D eigenvalue weighted by atomic mass is 16.2. The third kappa shape index (κ3) is 2.90. The highest BCUT2D eigenvalue weighted by Crippen LogP contribution is 2.30. The summed E-state index contributed by atoms with van der Waals surface area (Å²) in [5.74, 6) is 5.39. The molecule has 3 N–H and O–H groups in total. The number of carbonyl (C=O) groups excluding carboxylic acids is 1. The number of nitrogen functional groups attached to an aromatic ring is 1. The number of hydrazine groups is 1. The van der Waals surface area contributed by atoms with Crippen LogP contribution in [0.1, 0.15) is 62.2 Å². The van der Waals surface area contributed by atoms with E-state index in [0.29, 0.717) is 11.5 Å². The van der Waals surface area contributed by atoms with E-state index in [1.54, 1.807) is 0 Å². The number of nitrogens with one attached hydrogen (secondary N) is 1. The summed E-state index contributed by atoms with van der Waals surface area (Å²) in [6.07, 6.45) is 0. The van der Waals surface area contributed by atoms with Gasteiger partial charge in [0, 0.05) is 16.5 Å². The van der Waals surface area contributed by atoms with Crippen LogP contribution in [-0.4, -0.2) is 10.9 Å². The number of hydrogen-bond acceptors (Lipinski definition) is 3. The lowest BCUT2D eigenvalue weighted by Crippen LogP contribution is -2.30. The number of fused-ring (bicyclic) bond motifs is 1. The van der Waals surface area contributed by atoms with Crippen LogP contribution in [0.2, 0.25) is 0 Å². The first kappa shape index (κ1) is 15.4. The van der Waals surface area contributed by atoms with E-state index in [1.165, 1.54) is 0 Å². The Morgan fingerprint density at radius 3 is 2.48 bits per heavy atom. The maximum atomic E-state index is 12.1. The van der Waals surface area contributed by atoms with Crippen molar-refractivity contribution in [3.63, 3.8) is 0 Å². The predicted molar refractivity (Wildman–Crippen MR) is 86.2 cm³/mol. The smallest absolute Gasteiger partial charge is 0.265 e. The first-order chi connectivity index (χ1) is 9.75. The van der Waals surface area contributed by atoms with Crippen LogP contribution < -0.4 is 11.3 Å². The molecule has 0 spiro atoms. The van der Waals surface area contributed by atoms with Crippen LogP contribution in [-0.2, 0) is 5.41 Å². The van der Waals surface area contributed by atoms with Crippen molar-refractivity contribution in [2.75, 3.05) is 0 Å². The van der Waals surface area contributed by atoms with Crippen LogP contribution in [0.15, 0.2) is 24.3 Å². The molecule has 1 aromatic heterocycles. The number of pyridine rings is 1. The molecule has 0 fully saturated rings. The van der Waals surface area contributed by atoms with Crippen molar-refractivity contribution in [3.05, 3.63) is 41.1 Å². The summed E-state index contributed by atoms with van der Waals surface area (Å²) in [4.78, 5) is 16.9. The van der Waals surface area contributed by atoms with Crippen molar-refractivity contribution in [3.8, 4) is 0 Å². The van der Waals surface area contributed by atoms with Crippen LogP contribution in [0.3, 0.4) is 0 Å². The summed E-state index contributed by atoms with van der Waals surface area (Å²) >= 11 is 0. The van der Waals surface area contributed by atoms with Crippen LogP contribution in [0.4, 0.5) is 0 Å². The molecule has 0 aliphatic rings. The number of hydrogen-bond donors (Lipinski definition) is 2. The molecule has 21 heavy (non-hydrogen) atoms. The zero-order valence-corrected chi connectivity index (χ0v) is 13.3. The van der Waals surface area contributed by atoms with Crippen molar-refractivity contribution in [2.24, 2.45) is 5.84 Å². The van der Waals surface area contributed by atoms with Gasteiger partial charge in [-0.25, -0.2) is 5.84 Å². The van der Waals surface area contributed by atoms with Crippen molar-refractivity contribution in [2.45, 2.75) is 46.0 Å². The fourth-order valence-electron chi connectivity index (χ4n) is 2.39. The molecule has 1 heterocycles. The first-order valence-electron chi connectivity index (χ1n) is 7.20. The van der Waals surface area contributed by atoms with Gasteiger partial charge < -0.3 is 0 Å². The summed E-state index contributed by atoms with van der Waals surface area (Å²) in [5, 5.41) is 0.845. The number of carbonyl (C=O) groups is 1. The fraction of sp³-hybridized carbons (Fsp3) is 0.412. The van der Waals surface area contributed by atoms with Gasteiger partial charge in [0.1, 0.15) is 0 Å². The van der Waals surface area contributed by atoms with Gasteiger partial charge in [-0.3, -0.25) is 15.2 Å². The number of aromatic nitrogens is 1. The lowest BCUT2D eigenvalue weighted by Gasteiger charge is -2.21. The Morgan fingerprint density at radius 1 is 1.29 bits per heavy atom. The van der Waals surface area contributed by atoms with Crippen molar-refractivity contribution >= 4 is 16.8 Å². The van der Waals surface area contributed by atoms with Gasteiger partial charge in [0.05, 0.1) is 11.1 Å². The minimum atomic E-state index is -0.284. The number of nitrogens with two attached hydrogens (primary N) is 1. The molecule has 4 nitrogen and oxygen atoms in total. The van der Waals surface area contributed by atoms with E-state index >= 15 is 0 Å². The summed E-state index contributed by atoms with van der Waals surface area (Å²) < 4.78 is 0. The summed E-state index contributed by atoms with van der Waals surface area (Å²) in [5.41, 5.74) is 5.60. The largest absolute Gasteiger partial charge is 0.290 e. The summed E-state index contributed by atoms with van der Waals surface area (Å²) in [7, 11) is 0. The third-order valence-electron chi connectivity index (χ3n) is 3.64. The SMILES string of the molecule is CC(C)c1cccc2c(C(=O)NN)cc(C(C)(C)C)nc12. The third-order valence-corrected chi connectivity index (χ3v) is 3.64. The molecular formula is C17H23N3O. The van der Waals surface area contributed by atoms with Gasteiger partial charge in [-0.1, -0.05) is 52.8 Å². The Kier molecular flexibility index (Phi) is 4.01. The maximum Gasteiger partial charge on any atom is 0.265 e. The highest BCUT2D eigenvalue weighted by molar-refractivity contribution is 6.06. The van der Waals surface area contributed by atoms with Gasteiger partial charge in [-0.15, -0.1) is 0 Å². The van der Waals surface area contributed by atoms with E-state index < -0.39 is 0 Å². The van der Waals surface area contributed by atoms with E-state index in [9.17, 15) is 4.79 Å². The molecule has 1 aromatic carbocycles. The average Bonchev–Trinajstić information content (AvgIpc) is 2.43. The number of benzene rings is 1. The molecule has 4 heteroatoms. The van der Waals surface area contributed by atoms with Gasteiger partial charge in [0.15, 0.2) is 0 Å². The Balaban J connectivity index is 2.88. The molecule has 1 amide bonds. The van der Waals surface area contributed by atoms with Gasteiger partial charge in [0.2, 0.25) is 0 Å². The van der Waals surface area contributed by atoms with Crippen molar-refractivity contribution in [1.29, 1.82) is 0 Å². The lowest BCUT2D eigenvalue weighted by molar-refractivity contribution is 0.0955. The topological polar surface area (TPSA) is 68.0 Å². The van der Waals surface area contributed by atoms with E-state index in [2.05, 4.69) is 46.1 Å². The molecular weight excluding hydrogens is 262 g/mol. The summed E-state index contributed by atoms with van der Waals surface area (Å²) in [6.45, 7) is 10.5. The molecule has 112 valence electrons.